The second-order valence-corrected chi connectivity index (χ2v) is 7.04. The fourth-order valence-corrected chi connectivity index (χ4v) is 3.12. The number of aromatic nitrogens is 2. The number of H-pyrrole nitrogens is 1. The van der Waals surface area contributed by atoms with E-state index in [4.69, 9.17) is 9.15 Å². The number of fused-ring (bicyclic) bond motifs is 1. The van der Waals surface area contributed by atoms with E-state index in [1.807, 2.05) is 49.4 Å². The standard InChI is InChI=1S/C25H21N3O3/c1-2-3-14-30-25(29)18-10-8-17(9-11-18)23-13-12-20(31-23)15-19(16-26)24-27-21-6-4-5-7-22(21)28-24/h4-13,15H,2-3,14H2,1H3,(H,27,28). The van der Waals surface area contributed by atoms with Gasteiger partial charge in [-0.2, -0.15) is 5.26 Å². The van der Waals surface area contributed by atoms with Gasteiger partial charge in [-0.3, -0.25) is 0 Å². The number of carbonyl (C=O) groups excluding carboxylic acids is 1. The van der Waals surface area contributed by atoms with Gasteiger partial charge in [-0.1, -0.05) is 37.6 Å². The number of nitrogens with one attached hydrogen (secondary N) is 1. The first-order valence-corrected chi connectivity index (χ1v) is 10.1. The molecule has 31 heavy (non-hydrogen) atoms. The van der Waals surface area contributed by atoms with Gasteiger partial charge in [0.05, 0.1) is 28.8 Å². The second kappa shape index (κ2) is 9.14. The van der Waals surface area contributed by atoms with Crippen LogP contribution in [-0.2, 0) is 4.74 Å². The predicted octanol–water partition coefficient (Wildman–Crippen LogP) is 5.84. The molecule has 2 heterocycles. The maximum atomic E-state index is 12.0. The number of carbonyl (C=O) groups is 1. The van der Waals surface area contributed by atoms with Crippen molar-refractivity contribution in [3.63, 3.8) is 0 Å². The lowest BCUT2D eigenvalue weighted by Gasteiger charge is -2.04. The van der Waals surface area contributed by atoms with Crippen molar-refractivity contribution in [2.75, 3.05) is 6.61 Å². The Balaban J connectivity index is 1.52. The molecule has 0 bridgehead atoms. The molecule has 6 nitrogen and oxygen atoms in total. The third-order valence-corrected chi connectivity index (χ3v) is 4.81. The summed E-state index contributed by atoms with van der Waals surface area (Å²) in [4.78, 5) is 19.7. The Labute approximate surface area is 179 Å². The van der Waals surface area contributed by atoms with Crippen molar-refractivity contribution in [2.45, 2.75) is 19.8 Å². The van der Waals surface area contributed by atoms with Gasteiger partial charge in [0.25, 0.3) is 0 Å². The predicted molar refractivity (Wildman–Crippen MR) is 119 cm³/mol. The monoisotopic (exact) mass is 411 g/mol. The topological polar surface area (TPSA) is 91.9 Å². The summed E-state index contributed by atoms with van der Waals surface area (Å²) >= 11 is 0. The first kappa shape index (κ1) is 20.2. The minimum Gasteiger partial charge on any atom is -0.462 e. The number of nitriles is 1. The Bertz CT molecular complexity index is 1240. The van der Waals surface area contributed by atoms with Crippen LogP contribution in [0.5, 0.6) is 0 Å². The van der Waals surface area contributed by atoms with Crippen molar-refractivity contribution < 1.29 is 13.9 Å². The van der Waals surface area contributed by atoms with E-state index < -0.39 is 0 Å². The number of unbranched alkanes of at least 4 members (excludes halogenated alkanes) is 1. The van der Waals surface area contributed by atoms with Gasteiger partial charge in [-0.15, -0.1) is 0 Å². The first-order chi connectivity index (χ1) is 15.2. The average Bonchev–Trinajstić information content (AvgIpc) is 3.44. The zero-order valence-electron chi connectivity index (χ0n) is 17.1. The third-order valence-electron chi connectivity index (χ3n) is 4.81. The van der Waals surface area contributed by atoms with E-state index in [9.17, 15) is 10.1 Å². The van der Waals surface area contributed by atoms with E-state index in [1.165, 1.54) is 0 Å². The number of esters is 1. The molecule has 0 saturated carbocycles. The molecule has 4 aromatic rings. The number of rotatable bonds is 7. The molecule has 0 unspecified atom stereocenters. The van der Waals surface area contributed by atoms with Gasteiger partial charge in [-0.25, -0.2) is 9.78 Å². The molecule has 0 aliphatic carbocycles. The van der Waals surface area contributed by atoms with Gasteiger partial charge in [0.15, 0.2) is 0 Å². The van der Waals surface area contributed by atoms with Crippen molar-refractivity contribution in [2.24, 2.45) is 0 Å². The summed E-state index contributed by atoms with van der Waals surface area (Å²) in [5, 5.41) is 9.59. The molecule has 1 N–H and O–H groups in total. The van der Waals surface area contributed by atoms with Crippen LogP contribution in [0, 0.1) is 11.3 Å². The van der Waals surface area contributed by atoms with E-state index in [2.05, 4.69) is 16.0 Å². The highest BCUT2D eigenvalue weighted by molar-refractivity contribution is 5.90. The Kier molecular flexibility index (Phi) is 5.95. The van der Waals surface area contributed by atoms with Gasteiger partial charge in [0.2, 0.25) is 0 Å². The quantitative estimate of drug-likeness (QED) is 0.234. The van der Waals surface area contributed by atoms with Crippen LogP contribution < -0.4 is 0 Å². The molecule has 0 spiro atoms. The molecule has 6 heteroatoms. The van der Waals surface area contributed by atoms with Gasteiger partial charge >= 0.3 is 5.97 Å². The second-order valence-electron chi connectivity index (χ2n) is 7.04. The number of benzene rings is 2. The molecular weight excluding hydrogens is 390 g/mol. The highest BCUT2D eigenvalue weighted by Crippen LogP contribution is 2.26. The van der Waals surface area contributed by atoms with Crippen LogP contribution in [0.1, 0.15) is 41.7 Å². The molecule has 0 fully saturated rings. The van der Waals surface area contributed by atoms with E-state index in [0.717, 1.165) is 29.4 Å². The number of para-hydroxylation sites is 2. The van der Waals surface area contributed by atoms with E-state index in [1.54, 1.807) is 24.3 Å². The highest BCUT2D eigenvalue weighted by atomic mass is 16.5. The smallest absolute Gasteiger partial charge is 0.338 e. The van der Waals surface area contributed by atoms with Crippen molar-refractivity contribution in [3.05, 3.63) is 77.8 Å². The van der Waals surface area contributed by atoms with E-state index in [-0.39, 0.29) is 5.97 Å². The molecule has 0 atom stereocenters. The minimum atomic E-state index is -0.326. The molecule has 0 radical (unpaired) electrons. The van der Waals surface area contributed by atoms with Crippen molar-refractivity contribution in [1.29, 1.82) is 5.26 Å². The summed E-state index contributed by atoms with van der Waals surface area (Å²) < 4.78 is 11.1. The van der Waals surface area contributed by atoms with Crippen LogP contribution in [0.4, 0.5) is 0 Å². The van der Waals surface area contributed by atoms with Gasteiger partial charge in [0.1, 0.15) is 23.4 Å². The Morgan fingerprint density at radius 2 is 1.97 bits per heavy atom. The van der Waals surface area contributed by atoms with Gasteiger partial charge in [-0.05, 0) is 42.8 Å². The normalized spacial score (nSPS) is 11.4. The van der Waals surface area contributed by atoms with E-state index >= 15 is 0 Å². The fourth-order valence-electron chi connectivity index (χ4n) is 3.12. The summed E-state index contributed by atoms with van der Waals surface area (Å²) in [6, 6.07) is 20.5. The zero-order valence-corrected chi connectivity index (χ0v) is 17.1. The maximum absolute atomic E-state index is 12.0. The summed E-state index contributed by atoms with van der Waals surface area (Å²) in [6.45, 7) is 2.48. The first-order valence-electron chi connectivity index (χ1n) is 10.1. The molecular formula is C25H21N3O3. The molecule has 154 valence electrons. The lowest BCUT2D eigenvalue weighted by molar-refractivity contribution is 0.0500. The maximum Gasteiger partial charge on any atom is 0.338 e. The van der Waals surface area contributed by atoms with Crippen molar-refractivity contribution in [1.82, 2.24) is 9.97 Å². The van der Waals surface area contributed by atoms with Crippen LogP contribution in [0.3, 0.4) is 0 Å². The Morgan fingerprint density at radius 1 is 1.16 bits per heavy atom. The van der Waals surface area contributed by atoms with Crippen LogP contribution in [0.15, 0.2) is 65.1 Å². The lowest BCUT2D eigenvalue weighted by atomic mass is 10.1. The molecule has 2 aromatic carbocycles. The number of aromatic amines is 1. The zero-order chi connectivity index (χ0) is 21.6. The number of imidazole rings is 1. The number of furan rings is 1. The van der Waals surface area contributed by atoms with Gasteiger partial charge in [0, 0.05) is 11.6 Å². The molecule has 0 aliphatic rings. The summed E-state index contributed by atoms with van der Waals surface area (Å²) in [7, 11) is 0. The largest absolute Gasteiger partial charge is 0.462 e. The molecule has 4 rings (SSSR count). The Hall–Kier alpha value is -4.11. The van der Waals surface area contributed by atoms with Crippen LogP contribution in [0.25, 0.3) is 34.0 Å². The Morgan fingerprint density at radius 3 is 2.71 bits per heavy atom. The summed E-state index contributed by atoms with van der Waals surface area (Å²) in [5.41, 5.74) is 3.37. The SMILES string of the molecule is CCCCOC(=O)c1ccc(-c2ccc(C=C(C#N)c3nc4ccccc4[nH]3)o2)cc1. The van der Waals surface area contributed by atoms with Crippen LogP contribution in [0.2, 0.25) is 0 Å². The molecule has 0 saturated heterocycles. The minimum absolute atomic E-state index is 0.326. The number of hydrogen-bond acceptors (Lipinski definition) is 5. The number of ether oxygens (including phenoxy) is 1. The number of nitrogens with zero attached hydrogens (tertiary/aromatic N) is 2. The fraction of sp³-hybridized carbons (Fsp3) is 0.160. The summed E-state index contributed by atoms with van der Waals surface area (Å²) in [5.74, 6) is 1.34. The number of allylic oxidation sites excluding steroid dienone is 1. The highest BCUT2D eigenvalue weighted by Gasteiger charge is 2.11. The van der Waals surface area contributed by atoms with Crippen molar-refractivity contribution in [3.8, 4) is 17.4 Å². The van der Waals surface area contributed by atoms with Crippen molar-refractivity contribution >= 4 is 28.7 Å². The van der Waals surface area contributed by atoms with Crippen LogP contribution in [-0.4, -0.2) is 22.5 Å². The lowest BCUT2D eigenvalue weighted by Crippen LogP contribution is -2.05. The van der Waals surface area contributed by atoms with E-state index in [0.29, 0.717) is 35.1 Å². The molecule has 0 amide bonds. The average molecular weight is 411 g/mol. The third kappa shape index (κ3) is 4.57. The van der Waals surface area contributed by atoms with Crippen LogP contribution >= 0.6 is 0 Å². The molecule has 0 aliphatic heterocycles. The van der Waals surface area contributed by atoms with Gasteiger partial charge < -0.3 is 14.1 Å². The number of hydrogen-bond donors (Lipinski definition) is 1. The summed E-state index contributed by atoms with van der Waals surface area (Å²) in [6.07, 6.45) is 3.48. The molecule has 2 aromatic heterocycles.